The van der Waals surface area contributed by atoms with Gasteiger partial charge in [-0.15, -0.1) is 0 Å². The Morgan fingerprint density at radius 3 is 2.24 bits per heavy atom. The van der Waals surface area contributed by atoms with Gasteiger partial charge in [-0.05, 0) is 59.2 Å². The Morgan fingerprint density at radius 1 is 0.920 bits per heavy atom. The van der Waals surface area contributed by atoms with Crippen molar-refractivity contribution in [1.29, 1.82) is 0 Å². The van der Waals surface area contributed by atoms with Crippen molar-refractivity contribution in [2.45, 2.75) is 26.3 Å². The molecular formula is C21H22NOSi2. The topological polar surface area (TPSA) is 12.5 Å². The average molecular weight is 361 g/mol. The molecule has 1 heterocycles. The number of nitrogens with zero attached hydrogens (tertiary/aromatic N) is 1. The molecule has 0 amide bonds. The first kappa shape index (κ1) is 16.6. The van der Waals surface area contributed by atoms with E-state index in [1.165, 1.54) is 26.3 Å². The van der Waals surface area contributed by atoms with Crippen molar-refractivity contribution in [1.82, 2.24) is 4.23 Å². The van der Waals surface area contributed by atoms with Gasteiger partial charge in [0.15, 0.2) is 9.68 Å². The lowest BCUT2D eigenvalue weighted by Gasteiger charge is -2.44. The quantitative estimate of drug-likeness (QED) is 0.650. The number of ether oxygens (including phenoxy) is 1. The van der Waals surface area contributed by atoms with Crippen molar-refractivity contribution < 1.29 is 4.74 Å². The molecular weight excluding hydrogens is 338 g/mol. The molecule has 1 aliphatic heterocycles. The molecule has 0 aliphatic carbocycles. The van der Waals surface area contributed by atoms with Crippen LogP contribution in [0.5, 0.6) is 5.75 Å². The molecule has 3 radical (unpaired) electrons. The number of hydrogen-bond acceptors (Lipinski definition) is 2. The molecule has 0 saturated heterocycles. The molecule has 0 N–H and O–H groups in total. The Labute approximate surface area is 154 Å². The van der Waals surface area contributed by atoms with E-state index >= 15 is 0 Å². The summed E-state index contributed by atoms with van der Waals surface area (Å²) < 4.78 is 8.10. The second kappa shape index (κ2) is 6.13. The van der Waals surface area contributed by atoms with Gasteiger partial charge in [-0.25, -0.2) is 0 Å². The van der Waals surface area contributed by atoms with Crippen LogP contribution in [0.3, 0.4) is 0 Å². The standard InChI is InChI=1S/C21H22NOSi2/c1-21(2,3)22-24-18-9-5-7-15-8-6-10-19(20(15)18)25(22)17-13-11-16(23-4)12-14-17/h5-14H,1-4H3. The fourth-order valence-corrected chi connectivity index (χ4v) is 9.02. The Hall–Kier alpha value is -1.89. The summed E-state index contributed by atoms with van der Waals surface area (Å²) in [6.45, 7) is 7.01. The van der Waals surface area contributed by atoms with E-state index in [2.05, 4.69) is 85.7 Å². The van der Waals surface area contributed by atoms with Gasteiger partial charge < -0.3 is 8.97 Å². The van der Waals surface area contributed by atoms with E-state index in [4.69, 9.17) is 4.74 Å². The third kappa shape index (κ3) is 2.84. The van der Waals surface area contributed by atoms with E-state index in [1.807, 2.05) is 0 Å². The summed E-state index contributed by atoms with van der Waals surface area (Å²) in [4.78, 5) is 0. The molecule has 0 saturated carbocycles. The van der Waals surface area contributed by atoms with Crippen LogP contribution in [0.4, 0.5) is 0 Å². The molecule has 0 fully saturated rings. The van der Waals surface area contributed by atoms with E-state index < -0.39 is 8.96 Å². The van der Waals surface area contributed by atoms with Crippen molar-refractivity contribution in [3.05, 3.63) is 60.7 Å². The van der Waals surface area contributed by atoms with Crippen molar-refractivity contribution in [2.24, 2.45) is 0 Å². The first-order valence-corrected chi connectivity index (χ1v) is 11.0. The van der Waals surface area contributed by atoms with Crippen molar-refractivity contribution in [3.8, 4) is 5.75 Å². The van der Waals surface area contributed by atoms with Gasteiger partial charge in [0.05, 0.1) is 7.11 Å². The van der Waals surface area contributed by atoms with Crippen molar-refractivity contribution in [2.75, 3.05) is 7.11 Å². The third-order valence-electron chi connectivity index (χ3n) is 4.65. The zero-order valence-corrected chi connectivity index (χ0v) is 17.1. The zero-order chi connectivity index (χ0) is 17.6. The van der Waals surface area contributed by atoms with Gasteiger partial charge in [-0.3, -0.25) is 0 Å². The molecule has 0 unspecified atom stereocenters. The normalized spacial score (nSPS) is 15.5. The summed E-state index contributed by atoms with van der Waals surface area (Å²) in [5, 5.41) is 7.26. The maximum absolute atomic E-state index is 5.36. The highest BCUT2D eigenvalue weighted by atomic mass is 28.3. The molecule has 3 aromatic carbocycles. The highest BCUT2D eigenvalue weighted by Crippen LogP contribution is 2.21. The smallest absolute Gasteiger partial charge is 0.203 e. The minimum absolute atomic E-state index is 0.127. The van der Waals surface area contributed by atoms with Gasteiger partial charge in [-0.1, -0.05) is 48.5 Å². The molecule has 2 nitrogen and oxygen atoms in total. The van der Waals surface area contributed by atoms with Gasteiger partial charge >= 0.3 is 0 Å². The molecule has 25 heavy (non-hydrogen) atoms. The van der Waals surface area contributed by atoms with E-state index in [-0.39, 0.29) is 5.54 Å². The molecule has 0 atom stereocenters. The summed E-state index contributed by atoms with van der Waals surface area (Å²) in [6.07, 6.45) is 0. The van der Waals surface area contributed by atoms with Crippen LogP contribution < -0.4 is 20.3 Å². The SMILES string of the molecule is COc1ccc([Si]2c3cccc4cccc(c34)[Si]N2C(C)(C)C)cc1. The Morgan fingerprint density at radius 2 is 1.60 bits per heavy atom. The molecule has 0 bridgehead atoms. The lowest BCUT2D eigenvalue weighted by atomic mass is 10.1. The fraction of sp³-hybridized carbons (Fsp3) is 0.238. The average Bonchev–Trinajstić information content (AvgIpc) is 2.61. The van der Waals surface area contributed by atoms with Crippen LogP contribution in [0.1, 0.15) is 20.8 Å². The maximum Gasteiger partial charge on any atom is 0.203 e. The van der Waals surface area contributed by atoms with Crippen LogP contribution in [0, 0.1) is 0 Å². The molecule has 125 valence electrons. The number of benzene rings is 3. The first-order chi connectivity index (χ1) is 12.0. The maximum atomic E-state index is 5.36. The van der Waals surface area contributed by atoms with Crippen LogP contribution in [-0.4, -0.2) is 35.5 Å². The Bertz CT molecular complexity index is 910. The summed E-state index contributed by atoms with van der Waals surface area (Å²) in [5.41, 5.74) is 0.127. The van der Waals surface area contributed by atoms with Crippen LogP contribution in [0.15, 0.2) is 60.7 Å². The van der Waals surface area contributed by atoms with Crippen LogP contribution >= 0.6 is 0 Å². The van der Waals surface area contributed by atoms with Crippen LogP contribution in [0.25, 0.3) is 10.8 Å². The molecule has 0 spiro atoms. The van der Waals surface area contributed by atoms with Crippen LogP contribution in [-0.2, 0) is 0 Å². The van der Waals surface area contributed by atoms with Crippen LogP contribution in [0.2, 0.25) is 0 Å². The largest absolute Gasteiger partial charge is 0.497 e. The minimum Gasteiger partial charge on any atom is -0.497 e. The van der Waals surface area contributed by atoms with E-state index in [0.29, 0.717) is 9.68 Å². The van der Waals surface area contributed by atoms with E-state index in [0.717, 1.165) is 5.75 Å². The zero-order valence-electron chi connectivity index (χ0n) is 15.1. The van der Waals surface area contributed by atoms with Gasteiger partial charge in [0.25, 0.3) is 0 Å². The predicted molar refractivity (Wildman–Crippen MR) is 109 cm³/mol. The van der Waals surface area contributed by atoms with E-state index in [1.54, 1.807) is 7.11 Å². The monoisotopic (exact) mass is 360 g/mol. The number of rotatable bonds is 2. The van der Waals surface area contributed by atoms with Gasteiger partial charge in [0, 0.05) is 5.54 Å². The minimum atomic E-state index is -1.02. The number of hydrogen-bond donors (Lipinski definition) is 0. The second-order valence-electron chi connectivity index (χ2n) is 7.40. The fourth-order valence-electron chi connectivity index (χ4n) is 3.46. The molecule has 3 aromatic rings. The van der Waals surface area contributed by atoms with Gasteiger partial charge in [0.2, 0.25) is 8.96 Å². The summed E-state index contributed by atoms with van der Waals surface area (Å²) in [7, 11) is 1.42. The predicted octanol–water partition coefficient (Wildman–Crippen LogP) is 2.31. The first-order valence-electron chi connectivity index (χ1n) is 8.59. The number of methoxy groups -OCH3 is 1. The summed E-state index contributed by atoms with van der Waals surface area (Å²) in [6, 6.07) is 22.2. The third-order valence-corrected chi connectivity index (χ3v) is 10.1. The highest BCUT2D eigenvalue weighted by Gasteiger charge is 2.38. The molecule has 0 aromatic heterocycles. The van der Waals surface area contributed by atoms with E-state index in [9.17, 15) is 0 Å². The molecule has 4 rings (SSSR count). The second-order valence-corrected chi connectivity index (χ2v) is 11.3. The highest BCUT2D eigenvalue weighted by molar-refractivity contribution is 6.93. The lowest BCUT2D eigenvalue weighted by molar-refractivity contribution is 0.376. The van der Waals surface area contributed by atoms with Gasteiger partial charge in [0.1, 0.15) is 5.75 Å². The molecule has 1 aliphatic rings. The lowest BCUT2D eigenvalue weighted by Crippen LogP contribution is -2.68. The van der Waals surface area contributed by atoms with Crippen molar-refractivity contribution in [3.63, 3.8) is 0 Å². The van der Waals surface area contributed by atoms with Crippen molar-refractivity contribution >= 4 is 45.0 Å². The Balaban J connectivity index is 1.95. The van der Waals surface area contributed by atoms with Gasteiger partial charge in [-0.2, -0.15) is 0 Å². The molecule has 4 heteroatoms. The summed E-state index contributed by atoms with van der Waals surface area (Å²) in [5.74, 6) is 0.922. The Kier molecular flexibility index (Phi) is 4.06. The summed E-state index contributed by atoms with van der Waals surface area (Å²) >= 11 is 0.